The first-order chi connectivity index (χ1) is 11.6. The third kappa shape index (κ3) is 2.11. The summed E-state index contributed by atoms with van der Waals surface area (Å²) >= 11 is 0. The highest BCUT2D eigenvalue weighted by molar-refractivity contribution is 5.73. The minimum Gasteiger partial charge on any atom is -0.485 e. The van der Waals surface area contributed by atoms with Gasteiger partial charge in [0, 0.05) is 12.5 Å². The van der Waals surface area contributed by atoms with Crippen molar-refractivity contribution < 1.29 is 24.5 Å². The van der Waals surface area contributed by atoms with E-state index in [2.05, 4.69) is 6.08 Å². The molecule has 4 rings (SSSR count). The quantitative estimate of drug-likeness (QED) is 0.502. The Morgan fingerprint density at radius 3 is 3.08 bits per heavy atom. The molecule has 1 aromatic rings. The van der Waals surface area contributed by atoms with Gasteiger partial charge in [-0.25, -0.2) is 0 Å². The lowest BCUT2D eigenvalue weighted by molar-refractivity contribution is -0.132. The monoisotopic (exact) mass is 330 g/mol. The Morgan fingerprint density at radius 2 is 2.33 bits per heavy atom. The van der Waals surface area contributed by atoms with Gasteiger partial charge < -0.3 is 19.7 Å². The minimum absolute atomic E-state index is 0.0792. The van der Waals surface area contributed by atoms with Crippen LogP contribution in [0.3, 0.4) is 0 Å². The number of carbonyl (C=O) groups is 1. The van der Waals surface area contributed by atoms with Crippen LogP contribution < -0.4 is 9.47 Å². The summed E-state index contributed by atoms with van der Waals surface area (Å²) in [5.41, 5.74) is 3.09. The van der Waals surface area contributed by atoms with Gasteiger partial charge in [0.1, 0.15) is 6.10 Å². The summed E-state index contributed by atoms with van der Waals surface area (Å²) in [6.07, 6.45) is 5.55. The van der Waals surface area contributed by atoms with Gasteiger partial charge >= 0.3 is 5.97 Å². The van der Waals surface area contributed by atoms with E-state index in [-0.39, 0.29) is 18.7 Å². The van der Waals surface area contributed by atoms with Gasteiger partial charge in [0.2, 0.25) is 0 Å². The number of aliphatic hydroxyl groups excluding tert-OH is 2. The molecule has 2 N–H and O–H groups in total. The van der Waals surface area contributed by atoms with Crippen LogP contribution in [-0.2, 0) is 16.6 Å². The van der Waals surface area contributed by atoms with Gasteiger partial charge in [-0.15, -0.1) is 0 Å². The van der Waals surface area contributed by atoms with Crippen molar-refractivity contribution in [3.05, 3.63) is 34.9 Å². The van der Waals surface area contributed by atoms with Crippen LogP contribution in [0.1, 0.15) is 43.7 Å². The number of esters is 1. The summed E-state index contributed by atoms with van der Waals surface area (Å²) in [5, 5.41) is 19.6. The Bertz CT molecular complexity index is 723. The van der Waals surface area contributed by atoms with Gasteiger partial charge in [0.15, 0.2) is 11.5 Å². The molecule has 1 aromatic carbocycles. The first-order valence-corrected chi connectivity index (χ1v) is 8.56. The number of rotatable bonds is 4. The van der Waals surface area contributed by atoms with Crippen molar-refractivity contribution in [1.29, 1.82) is 0 Å². The molecule has 1 saturated carbocycles. The molecule has 3 aliphatic rings. The topological polar surface area (TPSA) is 76.0 Å². The largest absolute Gasteiger partial charge is 0.485 e. The molecule has 1 aliphatic heterocycles. The third-order valence-corrected chi connectivity index (χ3v) is 5.54. The molecule has 5 heteroatoms. The van der Waals surface area contributed by atoms with E-state index in [0.29, 0.717) is 17.9 Å². The highest BCUT2D eigenvalue weighted by Gasteiger charge is 2.56. The molecule has 0 amide bonds. The molecule has 0 radical (unpaired) electrons. The first kappa shape index (κ1) is 15.7. The molecule has 128 valence electrons. The van der Waals surface area contributed by atoms with E-state index in [9.17, 15) is 15.0 Å². The Balaban J connectivity index is 1.90. The summed E-state index contributed by atoms with van der Waals surface area (Å²) in [5.74, 6) is 0.723. The van der Waals surface area contributed by atoms with Gasteiger partial charge in [-0.2, -0.15) is 0 Å². The maximum atomic E-state index is 11.4. The Kier molecular flexibility index (Phi) is 3.66. The number of hydrogen-bond donors (Lipinski definition) is 2. The van der Waals surface area contributed by atoms with Crippen LogP contribution in [0.4, 0.5) is 0 Å². The smallest absolute Gasteiger partial charge is 0.308 e. The van der Waals surface area contributed by atoms with Crippen LogP contribution in [0.25, 0.3) is 0 Å². The van der Waals surface area contributed by atoms with E-state index < -0.39 is 11.5 Å². The van der Waals surface area contributed by atoms with Crippen molar-refractivity contribution in [2.24, 2.45) is 0 Å². The summed E-state index contributed by atoms with van der Waals surface area (Å²) in [6, 6.07) is 3.78. The fourth-order valence-electron chi connectivity index (χ4n) is 4.71. The number of hydrogen-bond acceptors (Lipinski definition) is 5. The molecule has 5 nitrogen and oxygen atoms in total. The molecule has 3 atom stereocenters. The number of allylic oxidation sites excluding steroid dienone is 1. The minimum atomic E-state index is -0.799. The predicted molar refractivity (Wildman–Crippen MR) is 87.2 cm³/mol. The summed E-state index contributed by atoms with van der Waals surface area (Å²) < 4.78 is 11.6. The molecular weight excluding hydrogens is 308 g/mol. The van der Waals surface area contributed by atoms with Gasteiger partial charge in [-0.05, 0) is 43.7 Å². The SMILES string of the molecule is CC(=O)Oc1ccc2c3c1O[C@H]1CCCC(=CC2)[C@@]31CC(O)CO. The number of carbonyl (C=O) groups excluding carboxylic acids is 1. The maximum absolute atomic E-state index is 11.4. The average molecular weight is 330 g/mol. The second-order valence-corrected chi connectivity index (χ2v) is 6.96. The summed E-state index contributed by atoms with van der Waals surface area (Å²) in [4.78, 5) is 11.4. The lowest BCUT2D eigenvalue weighted by Gasteiger charge is -2.44. The van der Waals surface area contributed by atoms with Crippen LogP contribution in [0.5, 0.6) is 11.5 Å². The molecule has 0 saturated heterocycles. The van der Waals surface area contributed by atoms with Crippen LogP contribution in [-0.4, -0.2) is 35.0 Å². The Hall–Kier alpha value is -1.85. The van der Waals surface area contributed by atoms with Crippen molar-refractivity contribution in [2.75, 3.05) is 6.61 Å². The fourth-order valence-corrected chi connectivity index (χ4v) is 4.71. The van der Waals surface area contributed by atoms with E-state index in [1.807, 2.05) is 6.07 Å². The normalized spacial score (nSPS) is 27.8. The summed E-state index contributed by atoms with van der Waals surface area (Å²) in [7, 11) is 0. The zero-order chi connectivity index (χ0) is 16.9. The second-order valence-electron chi connectivity index (χ2n) is 6.96. The highest BCUT2D eigenvalue weighted by atomic mass is 16.6. The van der Waals surface area contributed by atoms with Gasteiger partial charge in [-0.3, -0.25) is 4.79 Å². The van der Waals surface area contributed by atoms with Crippen LogP contribution >= 0.6 is 0 Å². The molecule has 1 unspecified atom stereocenters. The van der Waals surface area contributed by atoms with E-state index in [1.165, 1.54) is 12.5 Å². The van der Waals surface area contributed by atoms with Crippen molar-refractivity contribution >= 4 is 5.97 Å². The van der Waals surface area contributed by atoms with E-state index in [1.54, 1.807) is 6.07 Å². The molecule has 1 heterocycles. The Morgan fingerprint density at radius 1 is 1.50 bits per heavy atom. The van der Waals surface area contributed by atoms with Gasteiger partial charge in [0.05, 0.1) is 18.1 Å². The van der Waals surface area contributed by atoms with Gasteiger partial charge in [0.25, 0.3) is 0 Å². The molecular formula is C19H22O5. The van der Waals surface area contributed by atoms with Crippen molar-refractivity contribution in [2.45, 2.75) is 56.7 Å². The molecule has 0 spiro atoms. The molecule has 2 aliphatic carbocycles. The fraction of sp³-hybridized carbons (Fsp3) is 0.526. The Labute approximate surface area is 140 Å². The molecule has 24 heavy (non-hydrogen) atoms. The first-order valence-electron chi connectivity index (χ1n) is 8.56. The third-order valence-electron chi connectivity index (χ3n) is 5.54. The molecule has 0 aromatic heterocycles. The number of ether oxygens (including phenoxy) is 2. The van der Waals surface area contributed by atoms with E-state index in [0.717, 1.165) is 36.8 Å². The standard InChI is InChI=1S/C19H22O5/c1-11(21)23-15-8-6-12-5-7-13-3-2-4-16-19(13,9-14(22)10-20)17(12)18(15)24-16/h6-8,14,16,20,22H,2-5,9-10H2,1H3/t14?,16-,19+/m0/s1. The maximum Gasteiger partial charge on any atom is 0.308 e. The van der Waals surface area contributed by atoms with Crippen LogP contribution in [0.15, 0.2) is 23.8 Å². The highest BCUT2D eigenvalue weighted by Crippen LogP contribution is 2.60. The number of aliphatic hydroxyl groups is 2. The van der Waals surface area contributed by atoms with E-state index >= 15 is 0 Å². The summed E-state index contributed by atoms with van der Waals surface area (Å²) in [6.45, 7) is 1.11. The van der Waals surface area contributed by atoms with Gasteiger partial charge in [-0.1, -0.05) is 17.7 Å². The lowest BCUT2D eigenvalue weighted by atomic mass is 9.59. The van der Waals surface area contributed by atoms with Crippen molar-refractivity contribution in [3.8, 4) is 11.5 Å². The second kappa shape index (κ2) is 5.60. The number of benzene rings is 1. The van der Waals surface area contributed by atoms with Crippen LogP contribution in [0, 0.1) is 0 Å². The van der Waals surface area contributed by atoms with Crippen LogP contribution in [0.2, 0.25) is 0 Å². The van der Waals surface area contributed by atoms with E-state index in [4.69, 9.17) is 9.47 Å². The average Bonchev–Trinajstić information content (AvgIpc) is 2.89. The zero-order valence-corrected chi connectivity index (χ0v) is 13.7. The molecule has 1 fully saturated rings. The lowest BCUT2D eigenvalue weighted by Crippen LogP contribution is -2.47. The zero-order valence-electron chi connectivity index (χ0n) is 13.7. The van der Waals surface area contributed by atoms with Crippen molar-refractivity contribution in [3.63, 3.8) is 0 Å². The van der Waals surface area contributed by atoms with Crippen molar-refractivity contribution in [1.82, 2.24) is 0 Å². The molecule has 0 bridgehead atoms. The predicted octanol–water partition coefficient (Wildman–Crippen LogP) is 2.02.